The normalized spacial score (nSPS) is 9.86. The fraction of sp³-hybridized carbons (Fsp3) is 0.333. The van der Waals surface area contributed by atoms with Crippen molar-refractivity contribution in [3.05, 3.63) is 21.9 Å². The van der Waals surface area contributed by atoms with Crippen molar-refractivity contribution >= 4 is 34.7 Å². The molecular formula is C9H9ClO3S. The van der Waals surface area contributed by atoms with Crippen LogP contribution in [0.3, 0.4) is 0 Å². The monoisotopic (exact) mass is 232 g/mol. The first kappa shape index (κ1) is 11.2. The van der Waals surface area contributed by atoms with E-state index in [1.54, 1.807) is 12.1 Å². The second-order valence-electron chi connectivity index (χ2n) is 2.58. The predicted molar refractivity (Wildman–Crippen MR) is 55.1 cm³/mol. The summed E-state index contributed by atoms with van der Waals surface area (Å²) in [4.78, 5) is 23.4. The van der Waals surface area contributed by atoms with Gasteiger partial charge in [-0.1, -0.05) is 0 Å². The number of halogens is 1. The lowest BCUT2D eigenvalue weighted by atomic mass is 10.3. The Bertz CT molecular complexity index is 346. The van der Waals surface area contributed by atoms with Gasteiger partial charge in [0.05, 0.1) is 24.3 Å². The first-order chi connectivity index (χ1) is 6.67. The lowest BCUT2D eigenvalue weighted by molar-refractivity contribution is -0.139. The lowest BCUT2D eigenvalue weighted by Crippen LogP contribution is -2.02. The number of Topliss-reactive ketones (excluding diaryl/α,β-unsaturated/α-hetero) is 1. The maximum absolute atomic E-state index is 11.1. The summed E-state index contributed by atoms with van der Waals surface area (Å²) in [7, 11) is 1.33. The van der Waals surface area contributed by atoms with Crippen molar-refractivity contribution in [2.24, 2.45) is 0 Å². The van der Waals surface area contributed by atoms with Crippen LogP contribution in [0, 0.1) is 0 Å². The molecule has 5 heteroatoms. The van der Waals surface area contributed by atoms with E-state index in [1.807, 2.05) is 0 Å². The Morgan fingerprint density at radius 1 is 1.50 bits per heavy atom. The largest absolute Gasteiger partial charge is 0.469 e. The molecule has 0 saturated carbocycles. The molecule has 0 aliphatic heterocycles. The molecule has 0 unspecified atom stereocenters. The average molecular weight is 233 g/mol. The molecule has 0 bridgehead atoms. The van der Waals surface area contributed by atoms with Crippen molar-refractivity contribution in [2.75, 3.05) is 13.0 Å². The van der Waals surface area contributed by atoms with Crippen molar-refractivity contribution in [3.63, 3.8) is 0 Å². The number of thiophene rings is 1. The van der Waals surface area contributed by atoms with E-state index in [2.05, 4.69) is 4.74 Å². The molecule has 1 rings (SSSR count). The van der Waals surface area contributed by atoms with Crippen molar-refractivity contribution in [1.29, 1.82) is 0 Å². The van der Waals surface area contributed by atoms with Gasteiger partial charge in [-0.2, -0.15) is 0 Å². The topological polar surface area (TPSA) is 43.4 Å². The highest BCUT2D eigenvalue weighted by Crippen LogP contribution is 2.18. The summed E-state index contributed by atoms with van der Waals surface area (Å²) in [6, 6.07) is 3.41. The van der Waals surface area contributed by atoms with Crippen molar-refractivity contribution < 1.29 is 14.3 Å². The molecule has 0 atom stereocenters. The van der Waals surface area contributed by atoms with Crippen molar-refractivity contribution in [2.45, 2.75) is 6.42 Å². The molecule has 0 spiro atoms. The standard InChI is InChI=1S/C9H9ClO3S/c1-13-9(12)4-6-2-3-8(14-6)7(11)5-10/h2-3H,4-5H2,1H3. The van der Waals surface area contributed by atoms with Crippen LogP contribution in [0.2, 0.25) is 0 Å². The molecule has 0 fully saturated rings. The molecule has 0 saturated heterocycles. The third-order valence-electron chi connectivity index (χ3n) is 1.60. The zero-order chi connectivity index (χ0) is 10.6. The fourth-order valence-electron chi connectivity index (χ4n) is 0.903. The third kappa shape index (κ3) is 2.82. The fourth-order valence-corrected chi connectivity index (χ4v) is 2.06. The molecule has 14 heavy (non-hydrogen) atoms. The summed E-state index contributed by atoms with van der Waals surface area (Å²) in [5.41, 5.74) is 0. The Balaban J connectivity index is 2.68. The molecule has 1 heterocycles. The van der Waals surface area contributed by atoms with Gasteiger partial charge < -0.3 is 4.74 Å². The highest BCUT2D eigenvalue weighted by molar-refractivity contribution is 7.14. The van der Waals surface area contributed by atoms with Crippen LogP contribution >= 0.6 is 22.9 Å². The summed E-state index contributed by atoms with van der Waals surface area (Å²) in [5.74, 6) is -0.456. The van der Waals surface area contributed by atoms with Gasteiger partial charge in [0.2, 0.25) is 0 Å². The van der Waals surface area contributed by atoms with Gasteiger partial charge in [-0.05, 0) is 12.1 Å². The maximum Gasteiger partial charge on any atom is 0.310 e. The number of hydrogen-bond donors (Lipinski definition) is 0. The number of hydrogen-bond acceptors (Lipinski definition) is 4. The van der Waals surface area contributed by atoms with E-state index < -0.39 is 0 Å². The van der Waals surface area contributed by atoms with E-state index in [-0.39, 0.29) is 24.1 Å². The van der Waals surface area contributed by atoms with Crippen LogP contribution in [0.15, 0.2) is 12.1 Å². The molecule has 76 valence electrons. The Morgan fingerprint density at radius 2 is 2.21 bits per heavy atom. The Labute approximate surface area is 90.6 Å². The van der Waals surface area contributed by atoms with Gasteiger partial charge in [-0.15, -0.1) is 22.9 Å². The summed E-state index contributed by atoms with van der Waals surface area (Å²) in [5, 5.41) is 0. The number of ether oxygens (including phenoxy) is 1. The van der Waals surface area contributed by atoms with Gasteiger partial charge in [-0.3, -0.25) is 9.59 Å². The van der Waals surface area contributed by atoms with Gasteiger partial charge in [-0.25, -0.2) is 0 Å². The van der Waals surface area contributed by atoms with Crippen LogP contribution in [0.4, 0.5) is 0 Å². The minimum absolute atomic E-state index is 0.0296. The van der Waals surface area contributed by atoms with Crippen LogP contribution in [0.25, 0.3) is 0 Å². The van der Waals surface area contributed by atoms with E-state index in [0.717, 1.165) is 4.88 Å². The number of methoxy groups -OCH3 is 1. The number of esters is 1. The van der Waals surface area contributed by atoms with Crippen molar-refractivity contribution in [1.82, 2.24) is 0 Å². The summed E-state index contributed by atoms with van der Waals surface area (Å²) in [6.45, 7) is 0. The molecule has 0 aliphatic rings. The molecule has 0 aromatic carbocycles. The Hall–Kier alpha value is -0.870. The van der Waals surface area contributed by atoms with Gasteiger partial charge in [0.1, 0.15) is 0 Å². The minimum atomic E-state index is -0.309. The van der Waals surface area contributed by atoms with E-state index >= 15 is 0 Å². The van der Waals surface area contributed by atoms with Gasteiger partial charge in [0, 0.05) is 4.88 Å². The Morgan fingerprint density at radius 3 is 2.79 bits per heavy atom. The minimum Gasteiger partial charge on any atom is -0.469 e. The van der Waals surface area contributed by atoms with E-state index in [9.17, 15) is 9.59 Å². The molecule has 3 nitrogen and oxygen atoms in total. The molecule has 0 amide bonds. The number of alkyl halides is 1. The van der Waals surface area contributed by atoms with Crippen LogP contribution in [-0.2, 0) is 16.0 Å². The number of carbonyl (C=O) groups excluding carboxylic acids is 2. The predicted octanol–water partition coefficient (Wildman–Crippen LogP) is 1.89. The number of rotatable bonds is 4. The zero-order valence-electron chi connectivity index (χ0n) is 7.58. The molecule has 1 aromatic rings. The van der Waals surface area contributed by atoms with Crippen LogP contribution in [0.5, 0.6) is 0 Å². The molecule has 0 N–H and O–H groups in total. The first-order valence-corrected chi connectivity index (χ1v) is 5.27. The second-order valence-corrected chi connectivity index (χ2v) is 4.01. The summed E-state index contributed by atoms with van der Waals surface area (Å²) in [6.07, 6.45) is 0.205. The third-order valence-corrected chi connectivity index (χ3v) is 2.97. The van der Waals surface area contributed by atoms with Crippen LogP contribution in [-0.4, -0.2) is 24.7 Å². The lowest BCUT2D eigenvalue weighted by Gasteiger charge is -1.94. The number of carbonyl (C=O) groups is 2. The highest BCUT2D eigenvalue weighted by Gasteiger charge is 2.10. The SMILES string of the molecule is COC(=O)Cc1ccc(C(=O)CCl)s1. The first-order valence-electron chi connectivity index (χ1n) is 3.92. The van der Waals surface area contributed by atoms with Crippen LogP contribution in [0.1, 0.15) is 14.5 Å². The smallest absolute Gasteiger partial charge is 0.310 e. The molecule has 0 aliphatic carbocycles. The Kier molecular flexibility index (Phi) is 4.10. The van der Waals surface area contributed by atoms with E-state index in [1.165, 1.54) is 18.4 Å². The zero-order valence-corrected chi connectivity index (χ0v) is 9.15. The van der Waals surface area contributed by atoms with Crippen LogP contribution < -0.4 is 0 Å². The van der Waals surface area contributed by atoms with E-state index in [0.29, 0.717) is 4.88 Å². The van der Waals surface area contributed by atoms with Gasteiger partial charge in [0.15, 0.2) is 5.78 Å². The quantitative estimate of drug-likeness (QED) is 0.452. The summed E-state index contributed by atoms with van der Waals surface area (Å²) >= 11 is 6.67. The van der Waals surface area contributed by atoms with Crippen molar-refractivity contribution in [3.8, 4) is 0 Å². The average Bonchev–Trinajstić information content (AvgIpc) is 2.65. The van der Waals surface area contributed by atoms with E-state index in [4.69, 9.17) is 11.6 Å². The summed E-state index contributed by atoms with van der Waals surface area (Å²) < 4.78 is 4.51. The van der Waals surface area contributed by atoms with Gasteiger partial charge >= 0.3 is 5.97 Å². The second kappa shape index (κ2) is 5.12. The maximum atomic E-state index is 11.1. The number of ketones is 1. The molecule has 0 radical (unpaired) electrons. The van der Waals surface area contributed by atoms with Gasteiger partial charge in [0.25, 0.3) is 0 Å². The molecule has 1 aromatic heterocycles. The molecular weight excluding hydrogens is 224 g/mol. The highest BCUT2D eigenvalue weighted by atomic mass is 35.5.